The summed E-state index contributed by atoms with van der Waals surface area (Å²) in [6.45, 7) is 4.01. The zero-order valence-corrected chi connectivity index (χ0v) is 24.3. The number of aromatic nitrogens is 5. The lowest BCUT2D eigenvalue weighted by atomic mass is 9.96. The third kappa shape index (κ3) is 5.15. The molecule has 12 nitrogen and oxygen atoms in total. The topological polar surface area (TPSA) is 148 Å². The number of ether oxygens (including phenoxy) is 2. The second kappa shape index (κ2) is 11.2. The third-order valence-corrected chi connectivity index (χ3v) is 8.88. The number of carbonyl (C=O) groups excluding carboxylic acids is 1. The number of hydrogen-bond acceptors (Lipinski definition) is 9. The zero-order chi connectivity index (χ0) is 30.3. The van der Waals surface area contributed by atoms with E-state index in [2.05, 4.69) is 10.2 Å². The Morgan fingerprint density at radius 1 is 1.19 bits per heavy atom. The van der Waals surface area contributed by atoms with Crippen molar-refractivity contribution in [1.82, 2.24) is 24.1 Å². The summed E-state index contributed by atoms with van der Waals surface area (Å²) < 4.78 is 28.5. The Bertz CT molecular complexity index is 1780. The number of halogens is 1. The number of benzene rings is 1. The fourth-order valence-corrected chi connectivity index (χ4v) is 6.43. The minimum absolute atomic E-state index is 0.129. The van der Waals surface area contributed by atoms with Crippen LogP contribution in [-0.2, 0) is 26.4 Å². The summed E-state index contributed by atoms with van der Waals surface area (Å²) in [7, 11) is 1.43. The van der Waals surface area contributed by atoms with E-state index in [-0.39, 0.29) is 28.6 Å². The summed E-state index contributed by atoms with van der Waals surface area (Å²) in [5.41, 5.74) is -2.75. The number of methoxy groups -OCH3 is 1. The smallest absolute Gasteiger partial charge is 0.333 e. The van der Waals surface area contributed by atoms with Gasteiger partial charge in [-0.3, -0.25) is 14.2 Å². The van der Waals surface area contributed by atoms with Gasteiger partial charge in [0.1, 0.15) is 38.8 Å². The summed E-state index contributed by atoms with van der Waals surface area (Å²) in [5.74, 6) is -1.47. The van der Waals surface area contributed by atoms with Gasteiger partial charge in [0.2, 0.25) is 0 Å². The largest absolute Gasteiger partial charge is 0.496 e. The normalized spacial score (nSPS) is 15.3. The van der Waals surface area contributed by atoms with Crippen LogP contribution in [0.15, 0.2) is 40.2 Å². The Morgan fingerprint density at radius 2 is 1.86 bits per heavy atom. The van der Waals surface area contributed by atoms with Crippen LogP contribution in [0.4, 0.5) is 4.39 Å². The van der Waals surface area contributed by atoms with Crippen LogP contribution in [0.5, 0.6) is 5.75 Å². The highest BCUT2D eigenvalue weighted by atomic mass is 32.1. The molecule has 4 aromatic rings. The van der Waals surface area contributed by atoms with Crippen molar-refractivity contribution < 1.29 is 28.6 Å². The van der Waals surface area contributed by atoms with E-state index >= 15 is 0 Å². The van der Waals surface area contributed by atoms with E-state index in [1.807, 2.05) is 0 Å². The molecule has 42 heavy (non-hydrogen) atoms. The molecule has 14 heteroatoms. The molecule has 1 fully saturated rings. The van der Waals surface area contributed by atoms with E-state index in [1.54, 1.807) is 6.92 Å². The second-order valence-electron chi connectivity index (χ2n) is 10.7. The number of aryl methyl sites for hydroxylation is 1. The first-order chi connectivity index (χ1) is 19.9. The van der Waals surface area contributed by atoms with Crippen molar-refractivity contribution >= 4 is 33.3 Å². The molecule has 1 aliphatic carbocycles. The highest BCUT2D eigenvalue weighted by Gasteiger charge is 2.36. The van der Waals surface area contributed by atoms with Gasteiger partial charge in [0.15, 0.2) is 0 Å². The molecule has 1 atom stereocenters. The lowest BCUT2D eigenvalue weighted by molar-refractivity contribution is -0.146. The maximum atomic E-state index is 14.6. The molecule has 0 radical (unpaired) electrons. The van der Waals surface area contributed by atoms with Gasteiger partial charge in [-0.15, -0.1) is 4.80 Å². The number of carboxylic acids is 1. The van der Waals surface area contributed by atoms with Crippen molar-refractivity contribution in [3.05, 3.63) is 68.4 Å². The van der Waals surface area contributed by atoms with Crippen molar-refractivity contribution in [1.29, 1.82) is 0 Å². The van der Waals surface area contributed by atoms with Crippen LogP contribution in [0.25, 0.3) is 15.2 Å². The minimum Gasteiger partial charge on any atom is -0.496 e. The SMILES string of the molecule is COc1ccc(F)cc1[C@H](Cn1c(=O)n(C(C)(C)C(=O)O)c(=O)c2c(C)c(-n3nccn3)sc21)OC1CCC(=O)CC1. The Balaban J connectivity index is 1.76. The molecule has 5 rings (SSSR count). The van der Waals surface area contributed by atoms with Crippen LogP contribution in [0.3, 0.4) is 0 Å². The number of carbonyl (C=O) groups is 2. The number of nitrogens with zero attached hydrogens (tertiary/aromatic N) is 5. The van der Waals surface area contributed by atoms with E-state index in [0.717, 1.165) is 15.9 Å². The second-order valence-corrected chi connectivity index (χ2v) is 11.7. The summed E-state index contributed by atoms with van der Waals surface area (Å²) in [6.07, 6.45) is 3.21. The van der Waals surface area contributed by atoms with Crippen molar-refractivity contribution in [2.24, 2.45) is 0 Å². The van der Waals surface area contributed by atoms with Gasteiger partial charge in [0.25, 0.3) is 5.56 Å². The fourth-order valence-electron chi connectivity index (χ4n) is 5.21. The number of fused-ring (bicyclic) bond motifs is 1. The molecule has 1 aromatic carbocycles. The molecule has 0 bridgehead atoms. The van der Waals surface area contributed by atoms with Crippen LogP contribution >= 0.6 is 11.3 Å². The Labute approximate surface area is 242 Å². The Hall–Kier alpha value is -4.17. The first kappa shape index (κ1) is 29.3. The van der Waals surface area contributed by atoms with Gasteiger partial charge in [-0.1, -0.05) is 11.3 Å². The lowest BCUT2D eigenvalue weighted by Gasteiger charge is -2.30. The molecule has 1 saturated carbocycles. The lowest BCUT2D eigenvalue weighted by Crippen LogP contribution is -2.52. The molecular formula is C28H30FN5O7S. The minimum atomic E-state index is -1.90. The molecule has 222 valence electrons. The number of carboxylic acid groups (broad SMARTS) is 1. The van der Waals surface area contributed by atoms with Gasteiger partial charge in [-0.25, -0.2) is 18.5 Å². The van der Waals surface area contributed by atoms with Gasteiger partial charge < -0.3 is 14.6 Å². The summed E-state index contributed by atoms with van der Waals surface area (Å²) in [6, 6.07) is 3.95. The third-order valence-electron chi connectivity index (χ3n) is 7.60. The number of aliphatic carboxylic acids is 1. The van der Waals surface area contributed by atoms with Gasteiger partial charge in [0.05, 0.1) is 37.5 Å². The summed E-state index contributed by atoms with van der Waals surface area (Å²) in [4.78, 5) is 53.7. The molecule has 0 saturated heterocycles. The number of rotatable bonds is 9. The molecule has 0 aliphatic heterocycles. The van der Waals surface area contributed by atoms with Crippen LogP contribution in [0, 0.1) is 12.7 Å². The van der Waals surface area contributed by atoms with Crippen LogP contribution in [0.2, 0.25) is 0 Å². The van der Waals surface area contributed by atoms with Gasteiger partial charge in [-0.05, 0) is 51.8 Å². The van der Waals surface area contributed by atoms with E-state index < -0.39 is 34.7 Å². The highest BCUT2D eigenvalue weighted by molar-refractivity contribution is 7.21. The summed E-state index contributed by atoms with van der Waals surface area (Å²) >= 11 is 1.10. The van der Waals surface area contributed by atoms with Crippen molar-refractivity contribution in [2.45, 2.75) is 70.7 Å². The van der Waals surface area contributed by atoms with E-state index in [1.165, 1.54) is 60.9 Å². The van der Waals surface area contributed by atoms with Crippen LogP contribution in [0.1, 0.15) is 56.8 Å². The van der Waals surface area contributed by atoms with Crippen LogP contribution in [-0.4, -0.2) is 54.2 Å². The Kier molecular flexibility index (Phi) is 7.86. The monoisotopic (exact) mass is 599 g/mol. The van der Waals surface area contributed by atoms with Crippen molar-refractivity contribution in [3.8, 4) is 10.8 Å². The molecule has 3 aromatic heterocycles. The average Bonchev–Trinajstić information content (AvgIpc) is 3.59. The first-order valence-corrected chi connectivity index (χ1v) is 14.2. The average molecular weight is 600 g/mol. The predicted octanol–water partition coefficient (Wildman–Crippen LogP) is 3.35. The molecular weight excluding hydrogens is 569 g/mol. The van der Waals surface area contributed by atoms with Crippen molar-refractivity contribution in [2.75, 3.05) is 7.11 Å². The number of ketones is 1. The van der Waals surface area contributed by atoms with Gasteiger partial charge in [-0.2, -0.15) is 10.2 Å². The zero-order valence-electron chi connectivity index (χ0n) is 23.5. The number of thiophene rings is 1. The number of hydrogen-bond donors (Lipinski definition) is 1. The molecule has 1 N–H and O–H groups in total. The molecule has 0 unspecified atom stereocenters. The molecule has 0 spiro atoms. The van der Waals surface area contributed by atoms with E-state index in [4.69, 9.17) is 9.47 Å². The maximum Gasteiger partial charge on any atom is 0.333 e. The standard InChI is InChI=1S/C28H30FN5O7S/c1-15-22-23(36)33(28(2,3)26(37)38)27(39)32(25(22)42-24(15)34-30-11-12-31-34)14-21(41-18-8-6-17(35)7-9-18)19-13-16(29)5-10-20(19)40-4/h5,10-13,18,21H,6-9,14H2,1-4H3,(H,37,38)/t21-/m0/s1. The van der Waals surface area contributed by atoms with E-state index in [0.29, 0.717) is 47.6 Å². The maximum absolute atomic E-state index is 14.6. The fraction of sp³-hybridized carbons (Fsp3) is 0.429. The van der Waals surface area contributed by atoms with E-state index in [9.17, 15) is 28.7 Å². The quantitative estimate of drug-likeness (QED) is 0.306. The van der Waals surface area contributed by atoms with Crippen molar-refractivity contribution in [3.63, 3.8) is 0 Å². The molecule has 3 heterocycles. The van der Waals surface area contributed by atoms with Crippen LogP contribution < -0.4 is 16.0 Å². The molecule has 1 aliphatic rings. The first-order valence-electron chi connectivity index (χ1n) is 13.3. The molecule has 0 amide bonds. The van der Waals surface area contributed by atoms with Gasteiger partial charge in [0, 0.05) is 24.0 Å². The number of Topliss-reactive ketones (excluding diaryl/α,β-unsaturated/α-hetero) is 1. The Morgan fingerprint density at radius 3 is 2.48 bits per heavy atom. The van der Waals surface area contributed by atoms with Gasteiger partial charge >= 0.3 is 11.7 Å². The summed E-state index contributed by atoms with van der Waals surface area (Å²) in [5, 5.41) is 18.9. The highest BCUT2D eigenvalue weighted by Crippen LogP contribution is 2.36. The predicted molar refractivity (Wildman–Crippen MR) is 151 cm³/mol.